The summed E-state index contributed by atoms with van der Waals surface area (Å²) < 4.78 is 25.9. The van der Waals surface area contributed by atoms with Crippen LogP contribution in [0.5, 0.6) is 0 Å². The summed E-state index contributed by atoms with van der Waals surface area (Å²) in [6.07, 6.45) is -0.0502. The van der Waals surface area contributed by atoms with Crippen molar-refractivity contribution in [1.29, 1.82) is 0 Å². The fraction of sp³-hybridized carbons (Fsp3) is 1.00. The van der Waals surface area contributed by atoms with Crippen molar-refractivity contribution in [1.82, 2.24) is 4.90 Å². The molecule has 1 heterocycles. The Morgan fingerprint density at radius 1 is 1.64 bits per heavy atom. The predicted octanol–water partition coefficient (Wildman–Crippen LogP) is 0.532. The summed E-state index contributed by atoms with van der Waals surface area (Å²) in [6, 6.07) is 0. The number of likely N-dealkylation sites (tertiary alicyclic amines) is 1. The maximum atomic E-state index is 12.9. The molecule has 0 radical (unpaired) electrons. The Labute approximate surface area is 65.4 Å². The number of hydrogen-bond donors (Lipinski definition) is 1. The van der Waals surface area contributed by atoms with Crippen molar-refractivity contribution in [2.45, 2.75) is 12.3 Å². The van der Waals surface area contributed by atoms with E-state index in [0.717, 1.165) is 0 Å². The van der Waals surface area contributed by atoms with Gasteiger partial charge in [-0.3, -0.25) is 0 Å². The van der Waals surface area contributed by atoms with Crippen LogP contribution in [0.4, 0.5) is 8.78 Å². The Bertz CT molecular complexity index is 138. The van der Waals surface area contributed by atoms with Crippen molar-refractivity contribution >= 4 is 0 Å². The highest BCUT2D eigenvalue weighted by atomic mass is 19.3. The van der Waals surface area contributed by atoms with Crippen molar-refractivity contribution in [2.24, 2.45) is 11.7 Å². The summed E-state index contributed by atoms with van der Waals surface area (Å²) in [4.78, 5) is 1.90. The first-order chi connectivity index (χ1) is 5.06. The van der Waals surface area contributed by atoms with Gasteiger partial charge in [-0.25, -0.2) is 8.78 Å². The topological polar surface area (TPSA) is 29.3 Å². The average molecular weight is 164 g/mol. The van der Waals surface area contributed by atoms with Crippen LogP contribution in [-0.2, 0) is 0 Å². The predicted molar refractivity (Wildman–Crippen MR) is 39.6 cm³/mol. The lowest BCUT2D eigenvalue weighted by Crippen LogP contribution is -2.48. The maximum absolute atomic E-state index is 12.9. The molecule has 2 nitrogen and oxygen atoms in total. The van der Waals surface area contributed by atoms with Gasteiger partial charge in [0, 0.05) is 32.0 Å². The minimum Gasteiger partial charge on any atom is -0.330 e. The van der Waals surface area contributed by atoms with Gasteiger partial charge in [0.25, 0.3) is 5.92 Å². The third-order valence-electron chi connectivity index (χ3n) is 2.24. The minimum atomic E-state index is -2.54. The first kappa shape index (κ1) is 8.87. The Kier molecular flexibility index (Phi) is 2.44. The van der Waals surface area contributed by atoms with Gasteiger partial charge in [0.05, 0.1) is 0 Å². The minimum absolute atomic E-state index is 0.0502. The van der Waals surface area contributed by atoms with Gasteiger partial charge >= 0.3 is 0 Å². The van der Waals surface area contributed by atoms with Crippen LogP contribution in [0, 0.1) is 5.92 Å². The van der Waals surface area contributed by atoms with Crippen molar-refractivity contribution in [2.75, 3.05) is 26.7 Å². The monoisotopic (exact) mass is 164 g/mol. The van der Waals surface area contributed by atoms with Crippen molar-refractivity contribution in [3.63, 3.8) is 0 Å². The van der Waals surface area contributed by atoms with Gasteiger partial charge in [0.1, 0.15) is 0 Å². The Morgan fingerprint density at radius 2 is 2.27 bits per heavy atom. The van der Waals surface area contributed by atoms with E-state index in [-0.39, 0.29) is 13.0 Å². The summed E-state index contributed by atoms with van der Waals surface area (Å²) >= 11 is 0. The molecule has 1 aliphatic rings. The summed E-state index contributed by atoms with van der Waals surface area (Å²) in [5, 5.41) is 0. The number of nitrogens with zero attached hydrogens (tertiary/aromatic N) is 1. The van der Waals surface area contributed by atoms with E-state index in [1.165, 1.54) is 0 Å². The molecular weight excluding hydrogens is 150 g/mol. The van der Waals surface area contributed by atoms with E-state index in [2.05, 4.69) is 0 Å². The number of alkyl halides is 2. The zero-order chi connectivity index (χ0) is 8.48. The van der Waals surface area contributed by atoms with Gasteiger partial charge in [-0.1, -0.05) is 0 Å². The molecule has 1 atom stereocenters. The van der Waals surface area contributed by atoms with Crippen LogP contribution >= 0.6 is 0 Å². The van der Waals surface area contributed by atoms with E-state index >= 15 is 0 Å². The molecule has 1 fully saturated rings. The van der Waals surface area contributed by atoms with Gasteiger partial charge in [-0.05, 0) is 7.05 Å². The van der Waals surface area contributed by atoms with E-state index < -0.39 is 11.8 Å². The molecule has 0 aliphatic carbocycles. The molecule has 0 bridgehead atoms. The highest BCUT2D eigenvalue weighted by Gasteiger charge is 2.41. The van der Waals surface area contributed by atoms with Crippen LogP contribution in [0.2, 0.25) is 0 Å². The highest BCUT2D eigenvalue weighted by Crippen LogP contribution is 2.31. The SMILES string of the molecule is CN1CCC(F)(F)[C@H](CN)C1. The van der Waals surface area contributed by atoms with Crippen LogP contribution in [0.3, 0.4) is 0 Å². The molecule has 1 aliphatic heterocycles. The number of piperidine rings is 1. The highest BCUT2D eigenvalue weighted by molar-refractivity contribution is 4.85. The van der Waals surface area contributed by atoms with Gasteiger partial charge in [0.2, 0.25) is 0 Å². The smallest absolute Gasteiger partial charge is 0.254 e. The molecular formula is C7H14F2N2. The number of halogens is 2. The molecule has 2 N–H and O–H groups in total. The summed E-state index contributed by atoms with van der Waals surface area (Å²) in [6.45, 7) is 0.977. The third-order valence-corrected chi connectivity index (χ3v) is 2.24. The van der Waals surface area contributed by atoms with Crippen molar-refractivity contribution < 1.29 is 8.78 Å². The van der Waals surface area contributed by atoms with Gasteiger partial charge in [-0.2, -0.15) is 0 Å². The Balaban J connectivity index is 2.56. The standard InChI is InChI=1S/C7H14F2N2/c1-11-3-2-7(8,9)6(4-10)5-11/h6H,2-5,10H2,1H3/t6-/m1/s1. The van der Waals surface area contributed by atoms with Crippen molar-refractivity contribution in [3.8, 4) is 0 Å². The number of nitrogens with two attached hydrogens (primary N) is 1. The van der Waals surface area contributed by atoms with Crippen LogP contribution in [0.25, 0.3) is 0 Å². The van der Waals surface area contributed by atoms with Gasteiger partial charge < -0.3 is 10.6 Å². The lowest BCUT2D eigenvalue weighted by molar-refractivity contribution is -0.0976. The third kappa shape index (κ3) is 1.87. The van der Waals surface area contributed by atoms with Crippen LogP contribution in [0.1, 0.15) is 6.42 Å². The number of hydrogen-bond acceptors (Lipinski definition) is 2. The van der Waals surface area contributed by atoms with E-state index in [0.29, 0.717) is 13.1 Å². The molecule has 11 heavy (non-hydrogen) atoms. The largest absolute Gasteiger partial charge is 0.330 e. The fourth-order valence-electron chi connectivity index (χ4n) is 1.39. The normalized spacial score (nSPS) is 32.2. The molecule has 66 valence electrons. The number of rotatable bonds is 1. The molecule has 0 aromatic heterocycles. The Hall–Kier alpha value is -0.220. The zero-order valence-corrected chi connectivity index (χ0v) is 6.69. The summed E-state index contributed by atoms with van der Waals surface area (Å²) in [7, 11) is 1.85. The summed E-state index contributed by atoms with van der Waals surface area (Å²) in [5.74, 6) is -3.19. The first-order valence-corrected chi connectivity index (χ1v) is 3.82. The van der Waals surface area contributed by atoms with Crippen molar-refractivity contribution in [3.05, 3.63) is 0 Å². The van der Waals surface area contributed by atoms with Gasteiger partial charge in [-0.15, -0.1) is 0 Å². The lowest BCUT2D eigenvalue weighted by atomic mass is 9.94. The van der Waals surface area contributed by atoms with Crippen LogP contribution < -0.4 is 5.73 Å². The molecule has 4 heteroatoms. The molecule has 1 saturated heterocycles. The first-order valence-electron chi connectivity index (χ1n) is 3.82. The lowest BCUT2D eigenvalue weighted by Gasteiger charge is -2.35. The van der Waals surface area contributed by atoms with E-state index in [4.69, 9.17) is 5.73 Å². The fourth-order valence-corrected chi connectivity index (χ4v) is 1.39. The second kappa shape index (κ2) is 3.03. The van der Waals surface area contributed by atoms with E-state index in [9.17, 15) is 8.78 Å². The zero-order valence-electron chi connectivity index (χ0n) is 6.69. The molecule has 0 saturated carbocycles. The van der Waals surface area contributed by atoms with Gasteiger partial charge in [0.15, 0.2) is 0 Å². The molecule has 0 aromatic rings. The molecule has 0 aromatic carbocycles. The molecule has 0 amide bonds. The van der Waals surface area contributed by atoms with Crippen LogP contribution in [-0.4, -0.2) is 37.5 Å². The second-order valence-corrected chi connectivity index (χ2v) is 3.21. The molecule has 0 spiro atoms. The maximum Gasteiger partial charge on any atom is 0.254 e. The Morgan fingerprint density at radius 3 is 2.73 bits per heavy atom. The van der Waals surface area contributed by atoms with Crippen LogP contribution in [0.15, 0.2) is 0 Å². The second-order valence-electron chi connectivity index (χ2n) is 3.21. The molecule has 0 unspecified atom stereocenters. The average Bonchev–Trinajstić information content (AvgIpc) is 1.94. The quantitative estimate of drug-likeness (QED) is 0.612. The molecule has 1 rings (SSSR count). The van der Waals surface area contributed by atoms with E-state index in [1.54, 1.807) is 0 Å². The van der Waals surface area contributed by atoms with E-state index in [1.807, 2.05) is 11.9 Å². The summed E-state index contributed by atoms with van der Waals surface area (Å²) in [5.41, 5.74) is 5.23.